The normalized spacial score (nSPS) is 10.4. The number of carbonyl (C=O) groups is 2. The highest BCUT2D eigenvalue weighted by atomic mass is 16.2. The third-order valence-corrected chi connectivity index (χ3v) is 3.59. The van der Waals surface area contributed by atoms with Crippen LogP contribution in [0, 0.1) is 13.8 Å². The van der Waals surface area contributed by atoms with Crippen molar-refractivity contribution in [3.05, 3.63) is 59.2 Å². The number of carbonyl (C=O) groups excluding carboxylic acids is 2. The first-order chi connectivity index (χ1) is 11.3. The Kier molecular flexibility index (Phi) is 5.58. The molecule has 0 aromatic heterocycles. The summed E-state index contributed by atoms with van der Waals surface area (Å²) < 4.78 is 0. The van der Waals surface area contributed by atoms with Crippen molar-refractivity contribution >= 4 is 23.3 Å². The topological polar surface area (TPSA) is 70.2 Å². The van der Waals surface area contributed by atoms with Gasteiger partial charge in [0.25, 0.3) is 5.91 Å². The van der Waals surface area contributed by atoms with Gasteiger partial charge in [0.05, 0.1) is 0 Å². The van der Waals surface area contributed by atoms with E-state index in [0.29, 0.717) is 11.3 Å². The summed E-state index contributed by atoms with van der Waals surface area (Å²) in [5.74, 6) is -0.129. The van der Waals surface area contributed by atoms with Crippen molar-refractivity contribution in [2.75, 3.05) is 10.6 Å². The standard InChI is InChI=1S/C19H23N3O2/c1-12(2)20-18(23)15-6-9-16(10-7-15)21-19(24)22-17-8-5-13(3)14(4)11-17/h5-12H,1-4H3,(H,20,23)(H2,21,22,24). The average molecular weight is 325 g/mol. The van der Waals surface area contributed by atoms with Gasteiger partial charge in [-0.05, 0) is 75.2 Å². The van der Waals surface area contributed by atoms with Gasteiger partial charge in [0, 0.05) is 23.0 Å². The van der Waals surface area contributed by atoms with Gasteiger partial charge in [-0.15, -0.1) is 0 Å². The van der Waals surface area contributed by atoms with Gasteiger partial charge in [-0.25, -0.2) is 4.79 Å². The fraction of sp³-hybridized carbons (Fsp3) is 0.263. The fourth-order valence-corrected chi connectivity index (χ4v) is 2.16. The molecule has 2 aromatic rings. The van der Waals surface area contributed by atoms with Crippen molar-refractivity contribution in [1.29, 1.82) is 0 Å². The number of benzene rings is 2. The first-order valence-electron chi connectivity index (χ1n) is 7.91. The molecule has 0 heterocycles. The Morgan fingerprint density at radius 3 is 2.00 bits per heavy atom. The molecule has 0 aliphatic rings. The SMILES string of the molecule is Cc1ccc(NC(=O)Nc2ccc(C(=O)NC(C)C)cc2)cc1C. The Labute approximate surface area is 142 Å². The molecule has 5 nitrogen and oxygen atoms in total. The highest BCUT2D eigenvalue weighted by Crippen LogP contribution is 2.15. The number of anilines is 2. The van der Waals surface area contributed by atoms with Crippen molar-refractivity contribution in [3.8, 4) is 0 Å². The Balaban J connectivity index is 1.96. The number of urea groups is 1. The predicted octanol–water partition coefficient (Wildman–Crippen LogP) is 4.09. The molecule has 2 aromatic carbocycles. The minimum atomic E-state index is -0.322. The van der Waals surface area contributed by atoms with Crippen LogP contribution in [0.15, 0.2) is 42.5 Å². The largest absolute Gasteiger partial charge is 0.350 e. The van der Waals surface area contributed by atoms with E-state index in [-0.39, 0.29) is 18.0 Å². The van der Waals surface area contributed by atoms with Crippen LogP contribution in [0.3, 0.4) is 0 Å². The lowest BCUT2D eigenvalue weighted by Gasteiger charge is -2.11. The molecule has 0 fully saturated rings. The lowest BCUT2D eigenvalue weighted by atomic mass is 10.1. The van der Waals surface area contributed by atoms with Gasteiger partial charge in [-0.1, -0.05) is 6.07 Å². The Bertz CT molecular complexity index is 737. The molecule has 0 aliphatic heterocycles. The van der Waals surface area contributed by atoms with Crippen LogP contribution < -0.4 is 16.0 Å². The summed E-state index contributed by atoms with van der Waals surface area (Å²) in [6.45, 7) is 7.84. The van der Waals surface area contributed by atoms with E-state index in [0.717, 1.165) is 11.3 Å². The second kappa shape index (κ2) is 7.64. The van der Waals surface area contributed by atoms with Crippen LogP contribution in [0.5, 0.6) is 0 Å². The van der Waals surface area contributed by atoms with E-state index in [4.69, 9.17) is 0 Å². The number of aryl methyl sites for hydroxylation is 2. The molecule has 0 aliphatic carbocycles. The molecular weight excluding hydrogens is 302 g/mol. The average Bonchev–Trinajstić information content (AvgIpc) is 2.51. The van der Waals surface area contributed by atoms with E-state index in [1.165, 1.54) is 5.56 Å². The highest BCUT2D eigenvalue weighted by molar-refractivity contribution is 6.00. The molecule has 0 unspecified atom stereocenters. The molecular formula is C19H23N3O2. The number of hydrogen-bond acceptors (Lipinski definition) is 2. The third-order valence-electron chi connectivity index (χ3n) is 3.59. The predicted molar refractivity (Wildman–Crippen MR) is 97.6 cm³/mol. The zero-order valence-electron chi connectivity index (χ0n) is 14.4. The Hall–Kier alpha value is -2.82. The molecule has 24 heavy (non-hydrogen) atoms. The quantitative estimate of drug-likeness (QED) is 0.792. The van der Waals surface area contributed by atoms with Gasteiger partial charge in [-0.2, -0.15) is 0 Å². The van der Waals surface area contributed by atoms with Gasteiger partial charge in [0.2, 0.25) is 0 Å². The van der Waals surface area contributed by atoms with Crippen molar-refractivity contribution in [2.45, 2.75) is 33.7 Å². The third kappa shape index (κ3) is 4.84. The van der Waals surface area contributed by atoms with Crippen LogP contribution in [0.1, 0.15) is 35.3 Å². The summed E-state index contributed by atoms with van der Waals surface area (Å²) in [4.78, 5) is 23.9. The summed E-state index contributed by atoms with van der Waals surface area (Å²) in [5.41, 5.74) is 4.22. The van der Waals surface area contributed by atoms with Crippen LogP contribution >= 0.6 is 0 Å². The molecule has 0 atom stereocenters. The molecule has 126 valence electrons. The molecule has 5 heteroatoms. The van der Waals surface area contributed by atoms with Crippen LogP contribution in [-0.2, 0) is 0 Å². The minimum Gasteiger partial charge on any atom is -0.350 e. The van der Waals surface area contributed by atoms with Crippen molar-refractivity contribution in [2.24, 2.45) is 0 Å². The molecule has 3 N–H and O–H groups in total. The van der Waals surface area contributed by atoms with E-state index in [1.54, 1.807) is 24.3 Å². The van der Waals surface area contributed by atoms with Crippen LogP contribution in [-0.4, -0.2) is 18.0 Å². The molecule has 0 saturated carbocycles. The number of nitrogens with one attached hydrogen (secondary N) is 3. The van der Waals surface area contributed by atoms with Gasteiger partial charge < -0.3 is 16.0 Å². The maximum atomic E-state index is 12.0. The van der Waals surface area contributed by atoms with Crippen LogP contribution in [0.2, 0.25) is 0 Å². The first-order valence-corrected chi connectivity index (χ1v) is 7.91. The molecule has 0 radical (unpaired) electrons. The molecule has 0 bridgehead atoms. The first kappa shape index (κ1) is 17.5. The van der Waals surface area contributed by atoms with Gasteiger partial charge in [0.15, 0.2) is 0 Å². The van der Waals surface area contributed by atoms with E-state index in [1.807, 2.05) is 45.9 Å². The Morgan fingerprint density at radius 2 is 1.42 bits per heavy atom. The number of amides is 3. The summed E-state index contributed by atoms with van der Waals surface area (Å²) >= 11 is 0. The lowest BCUT2D eigenvalue weighted by molar-refractivity contribution is 0.0943. The highest BCUT2D eigenvalue weighted by Gasteiger charge is 2.08. The van der Waals surface area contributed by atoms with E-state index >= 15 is 0 Å². The number of rotatable bonds is 4. The summed E-state index contributed by atoms with van der Waals surface area (Å²) in [5, 5.41) is 8.37. The zero-order chi connectivity index (χ0) is 17.7. The monoisotopic (exact) mass is 325 g/mol. The summed E-state index contributed by atoms with van der Waals surface area (Å²) in [6.07, 6.45) is 0. The molecule has 2 rings (SSSR count). The maximum Gasteiger partial charge on any atom is 0.323 e. The van der Waals surface area contributed by atoms with E-state index in [2.05, 4.69) is 16.0 Å². The lowest BCUT2D eigenvalue weighted by Crippen LogP contribution is -2.30. The minimum absolute atomic E-state index is 0.0824. The van der Waals surface area contributed by atoms with E-state index < -0.39 is 0 Å². The molecule has 3 amide bonds. The molecule has 0 saturated heterocycles. The van der Waals surface area contributed by atoms with E-state index in [9.17, 15) is 9.59 Å². The zero-order valence-corrected chi connectivity index (χ0v) is 14.4. The van der Waals surface area contributed by atoms with Gasteiger partial charge >= 0.3 is 6.03 Å². The van der Waals surface area contributed by atoms with Crippen LogP contribution in [0.4, 0.5) is 16.2 Å². The maximum absolute atomic E-state index is 12.0. The van der Waals surface area contributed by atoms with Gasteiger partial charge in [0.1, 0.15) is 0 Å². The van der Waals surface area contributed by atoms with Crippen molar-refractivity contribution < 1.29 is 9.59 Å². The van der Waals surface area contributed by atoms with Crippen molar-refractivity contribution in [1.82, 2.24) is 5.32 Å². The molecule has 0 spiro atoms. The second-order valence-electron chi connectivity index (χ2n) is 6.08. The van der Waals surface area contributed by atoms with Crippen LogP contribution in [0.25, 0.3) is 0 Å². The summed E-state index contributed by atoms with van der Waals surface area (Å²) in [7, 11) is 0. The fourth-order valence-electron chi connectivity index (χ4n) is 2.16. The van der Waals surface area contributed by atoms with Crippen molar-refractivity contribution in [3.63, 3.8) is 0 Å². The van der Waals surface area contributed by atoms with Gasteiger partial charge in [-0.3, -0.25) is 4.79 Å². The summed E-state index contributed by atoms with van der Waals surface area (Å²) in [6, 6.07) is 12.3. The second-order valence-corrected chi connectivity index (χ2v) is 6.08. The number of hydrogen-bond donors (Lipinski definition) is 3. The smallest absolute Gasteiger partial charge is 0.323 e. The Morgan fingerprint density at radius 1 is 0.833 bits per heavy atom.